The maximum atomic E-state index is 5.16. The Morgan fingerprint density at radius 2 is 1.90 bits per heavy atom. The van der Waals surface area contributed by atoms with Crippen LogP contribution in [0.2, 0.25) is 0 Å². The van der Waals surface area contributed by atoms with Crippen LogP contribution in [-0.2, 0) is 17.8 Å². The standard InChI is InChI=1S/C16H22N4O/c1-4-14-19-15(17-5-2)10-16(20-14)18-13-8-6-7-12(9-13)11-21-3/h6-10H,4-5,11H2,1-3H3,(H2,17,18,19,20). The third-order valence-electron chi connectivity index (χ3n) is 2.96. The van der Waals surface area contributed by atoms with Gasteiger partial charge >= 0.3 is 0 Å². The van der Waals surface area contributed by atoms with Gasteiger partial charge < -0.3 is 15.4 Å². The van der Waals surface area contributed by atoms with Crippen LogP contribution in [0.5, 0.6) is 0 Å². The summed E-state index contributed by atoms with van der Waals surface area (Å²) in [7, 11) is 1.70. The molecule has 0 saturated carbocycles. The monoisotopic (exact) mass is 286 g/mol. The van der Waals surface area contributed by atoms with E-state index in [4.69, 9.17) is 4.74 Å². The number of hydrogen-bond acceptors (Lipinski definition) is 5. The van der Waals surface area contributed by atoms with Crippen molar-refractivity contribution in [1.29, 1.82) is 0 Å². The van der Waals surface area contributed by atoms with E-state index in [0.29, 0.717) is 6.61 Å². The van der Waals surface area contributed by atoms with E-state index in [9.17, 15) is 0 Å². The maximum absolute atomic E-state index is 5.16. The molecule has 0 aliphatic carbocycles. The van der Waals surface area contributed by atoms with Gasteiger partial charge in [-0.25, -0.2) is 9.97 Å². The third-order valence-corrected chi connectivity index (χ3v) is 2.96. The summed E-state index contributed by atoms with van der Waals surface area (Å²) < 4.78 is 5.16. The van der Waals surface area contributed by atoms with Crippen molar-refractivity contribution < 1.29 is 4.74 Å². The molecule has 2 rings (SSSR count). The summed E-state index contributed by atoms with van der Waals surface area (Å²) in [6.07, 6.45) is 0.803. The first-order chi connectivity index (χ1) is 10.2. The van der Waals surface area contributed by atoms with Crippen molar-refractivity contribution in [2.75, 3.05) is 24.3 Å². The van der Waals surface area contributed by atoms with Gasteiger partial charge in [-0.05, 0) is 24.6 Å². The number of anilines is 3. The minimum atomic E-state index is 0.599. The molecule has 0 fully saturated rings. The van der Waals surface area contributed by atoms with Crippen molar-refractivity contribution in [2.45, 2.75) is 26.9 Å². The molecule has 5 heteroatoms. The Labute approximate surface area is 125 Å². The van der Waals surface area contributed by atoms with E-state index >= 15 is 0 Å². The van der Waals surface area contributed by atoms with Gasteiger partial charge in [-0.3, -0.25) is 0 Å². The van der Waals surface area contributed by atoms with Gasteiger partial charge in [0, 0.05) is 31.8 Å². The fourth-order valence-electron chi connectivity index (χ4n) is 2.04. The number of methoxy groups -OCH3 is 1. The van der Waals surface area contributed by atoms with E-state index in [0.717, 1.165) is 41.7 Å². The van der Waals surface area contributed by atoms with Crippen molar-refractivity contribution in [3.63, 3.8) is 0 Å². The van der Waals surface area contributed by atoms with E-state index in [2.05, 4.69) is 33.6 Å². The van der Waals surface area contributed by atoms with Gasteiger partial charge in [-0.15, -0.1) is 0 Å². The van der Waals surface area contributed by atoms with Crippen LogP contribution < -0.4 is 10.6 Å². The molecule has 0 aliphatic heterocycles. The van der Waals surface area contributed by atoms with Crippen LogP contribution in [0.3, 0.4) is 0 Å². The number of benzene rings is 1. The molecule has 1 aromatic heterocycles. The van der Waals surface area contributed by atoms with Crippen LogP contribution in [0, 0.1) is 0 Å². The number of ether oxygens (including phenoxy) is 1. The summed E-state index contributed by atoms with van der Waals surface area (Å²) in [6.45, 7) is 5.54. The molecule has 1 heterocycles. The molecule has 2 aromatic rings. The summed E-state index contributed by atoms with van der Waals surface area (Å²) in [5, 5.41) is 6.56. The molecule has 0 radical (unpaired) electrons. The fourth-order valence-corrected chi connectivity index (χ4v) is 2.04. The zero-order valence-corrected chi connectivity index (χ0v) is 12.8. The first kappa shape index (κ1) is 15.3. The molecule has 0 saturated heterocycles. The quantitative estimate of drug-likeness (QED) is 0.817. The lowest BCUT2D eigenvalue weighted by atomic mass is 10.2. The molecule has 112 valence electrons. The highest BCUT2D eigenvalue weighted by Gasteiger charge is 2.04. The van der Waals surface area contributed by atoms with Crippen molar-refractivity contribution in [2.24, 2.45) is 0 Å². The number of nitrogens with one attached hydrogen (secondary N) is 2. The lowest BCUT2D eigenvalue weighted by Crippen LogP contribution is -2.05. The molecule has 21 heavy (non-hydrogen) atoms. The van der Waals surface area contributed by atoms with Crippen molar-refractivity contribution in [3.05, 3.63) is 41.7 Å². The Hall–Kier alpha value is -2.14. The normalized spacial score (nSPS) is 10.4. The lowest BCUT2D eigenvalue weighted by Gasteiger charge is -2.11. The molecule has 0 spiro atoms. The maximum Gasteiger partial charge on any atom is 0.136 e. The van der Waals surface area contributed by atoms with Crippen LogP contribution in [0.15, 0.2) is 30.3 Å². The van der Waals surface area contributed by atoms with E-state index in [1.54, 1.807) is 7.11 Å². The Morgan fingerprint density at radius 1 is 1.10 bits per heavy atom. The van der Waals surface area contributed by atoms with Gasteiger partial charge in [-0.1, -0.05) is 19.1 Å². The summed E-state index contributed by atoms with van der Waals surface area (Å²) in [5.41, 5.74) is 2.12. The Morgan fingerprint density at radius 3 is 2.62 bits per heavy atom. The predicted molar refractivity (Wildman–Crippen MR) is 86.0 cm³/mol. The Kier molecular flexibility index (Phi) is 5.51. The van der Waals surface area contributed by atoms with Gasteiger partial charge in [0.25, 0.3) is 0 Å². The van der Waals surface area contributed by atoms with Gasteiger partial charge in [0.15, 0.2) is 0 Å². The largest absolute Gasteiger partial charge is 0.380 e. The van der Waals surface area contributed by atoms with Crippen molar-refractivity contribution in [3.8, 4) is 0 Å². The second kappa shape index (κ2) is 7.59. The number of aromatic nitrogens is 2. The van der Waals surface area contributed by atoms with Gasteiger partial charge in [0.05, 0.1) is 6.61 Å². The summed E-state index contributed by atoms with van der Waals surface area (Å²) in [6, 6.07) is 10.0. The van der Waals surface area contributed by atoms with Crippen molar-refractivity contribution in [1.82, 2.24) is 9.97 Å². The van der Waals surface area contributed by atoms with E-state index in [1.807, 2.05) is 31.2 Å². The topological polar surface area (TPSA) is 59.1 Å². The van der Waals surface area contributed by atoms with E-state index < -0.39 is 0 Å². The third kappa shape index (κ3) is 4.43. The average molecular weight is 286 g/mol. The average Bonchev–Trinajstić information content (AvgIpc) is 2.48. The van der Waals surface area contributed by atoms with Crippen molar-refractivity contribution >= 4 is 17.3 Å². The second-order valence-electron chi connectivity index (χ2n) is 4.70. The van der Waals surface area contributed by atoms with Crippen LogP contribution in [0.1, 0.15) is 25.2 Å². The first-order valence-electron chi connectivity index (χ1n) is 7.21. The molecule has 0 aliphatic rings. The molecule has 1 aromatic carbocycles. The van der Waals surface area contributed by atoms with Gasteiger partial charge in [0.2, 0.25) is 0 Å². The van der Waals surface area contributed by atoms with Crippen LogP contribution in [-0.4, -0.2) is 23.6 Å². The lowest BCUT2D eigenvalue weighted by molar-refractivity contribution is 0.185. The second-order valence-corrected chi connectivity index (χ2v) is 4.70. The number of nitrogens with zero attached hydrogens (tertiary/aromatic N) is 2. The molecular formula is C16H22N4O. The van der Waals surface area contributed by atoms with E-state index in [1.165, 1.54) is 0 Å². The Bertz CT molecular complexity index is 586. The smallest absolute Gasteiger partial charge is 0.136 e. The number of aryl methyl sites for hydroxylation is 1. The fraction of sp³-hybridized carbons (Fsp3) is 0.375. The summed E-state index contributed by atoms with van der Waals surface area (Å²) >= 11 is 0. The molecule has 0 unspecified atom stereocenters. The highest BCUT2D eigenvalue weighted by Crippen LogP contribution is 2.19. The first-order valence-corrected chi connectivity index (χ1v) is 7.21. The molecule has 5 nitrogen and oxygen atoms in total. The Balaban J connectivity index is 2.21. The van der Waals surface area contributed by atoms with Crippen LogP contribution in [0.25, 0.3) is 0 Å². The van der Waals surface area contributed by atoms with Crippen LogP contribution >= 0.6 is 0 Å². The highest BCUT2D eigenvalue weighted by atomic mass is 16.5. The predicted octanol–water partition coefficient (Wildman–Crippen LogP) is 3.36. The molecule has 0 atom stereocenters. The number of rotatable bonds is 7. The molecule has 0 bridgehead atoms. The molecule has 2 N–H and O–H groups in total. The highest BCUT2D eigenvalue weighted by molar-refractivity contribution is 5.59. The minimum absolute atomic E-state index is 0.599. The molecule has 0 amide bonds. The SMILES string of the molecule is CCNc1cc(Nc2cccc(COC)c2)nc(CC)n1. The zero-order chi connectivity index (χ0) is 15.1. The number of hydrogen-bond donors (Lipinski definition) is 2. The summed E-state index contributed by atoms with van der Waals surface area (Å²) in [5.74, 6) is 2.47. The van der Waals surface area contributed by atoms with Gasteiger partial charge in [0.1, 0.15) is 17.5 Å². The molecular weight excluding hydrogens is 264 g/mol. The van der Waals surface area contributed by atoms with E-state index in [-0.39, 0.29) is 0 Å². The summed E-state index contributed by atoms with van der Waals surface area (Å²) in [4.78, 5) is 8.96. The van der Waals surface area contributed by atoms with Gasteiger partial charge in [-0.2, -0.15) is 0 Å². The van der Waals surface area contributed by atoms with Crippen LogP contribution in [0.4, 0.5) is 17.3 Å². The zero-order valence-electron chi connectivity index (χ0n) is 12.8. The minimum Gasteiger partial charge on any atom is -0.380 e.